The molecule has 1 N–H and O–H groups in total. The van der Waals surface area contributed by atoms with Gasteiger partial charge in [0.15, 0.2) is 0 Å². The fourth-order valence-corrected chi connectivity index (χ4v) is 2.04. The third-order valence-corrected chi connectivity index (χ3v) is 2.90. The predicted molar refractivity (Wildman–Crippen MR) is 65.1 cm³/mol. The third kappa shape index (κ3) is 3.77. The predicted octanol–water partition coefficient (Wildman–Crippen LogP) is 1.59. The van der Waals surface area contributed by atoms with Crippen molar-refractivity contribution in [3.05, 3.63) is 35.6 Å². The van der Waals surface area contributed by atoms with Crippen molar-refractivity contribution in [2.75, 3.05) is 26.3 Å². The maximum atomic E-state index is 13.5. The zero-order valence-corrected chi connectivity index (χ0v) is 10.2. The van der Waals surface area contributed by atoms with Crippen molar-refractivity contribution in [3.8, 4) is 0 Å². The van der Waals surface area contributed by atoms with Crippen LogP contribution in [0.5, 0.6) is 0 Å². The summed E-state index contributed by atoms with van der Waals surface area (Å²) in [5, 5.41) is 2.15. The van der Waals surface area contributed by atoms with E-state index in [1.807, 2.05) is 12.1 Å². The average molecular weight is 238 g/mol. The van der Waals surface area contributed by atoms with E-state index in [0.717, 1.165) is 31.9 Å². The van der Waals surface area contributed by atoms with E-state index in [4.69, 9.17) is 4.74 Å². The van der Waals surface area contributed by atoms with Crippen LogP contribution in [-0.4, -0.2) is 37.4 Å². The normalized spacial score (nSPS) is 19.2. The van der Waals surface area contributed by atoms with Gasteiger partial charge in [-0.05, 0) is 25.0 Å². The number of hydrogen-bond acceptors (Lipinski definition) is 3. The fraction of sp³-hybridized carbons (Fsp3) is 0.538. The number of hydrogen-bond donors (Lipinski definition) is 1. The summed E-state index contributed by atoms with van der Waals surface area (Å²) >= 11 is 0. The van der Waals surface area contributed by atoms with Crippen LogP contribution in [0.15, 0.2) is 24.3 Å². The quantitative estimate of drug-likeness (QED) is 0.862. The Hall–Kier alpha value is -0.970. The summed E-state index contributed by atoms with van der Waals surface area (Å²) in [6.07, 6.45) is 0.698. The summed E-state index contributed by atoms with van der Waals surface area (Å²) in [4.78, 5) is 0. The second-order valence-electron chi connectivity index (χ2n) is 4.43. The summed E-state index contributed by atoms with van der Waals surface area (Å²) in [5.74, 6) is -0.122. The standard InChI is InChI=1S/C13H19FN2O/c1-11(15-16-6-8-17-9-7-16)10-12-4-2-3-5-13(12)14/h2-5,11,15H,6-10H2,1H3. The summed E-state index contributed by atoms with van der Waals surface area (Å²) in [7, 11) is 0. The SMILES string of the molecule is CC(Cc1ccccc1F)NN1CCOCC1. The van der Waals surface area contributed by atoms with Crippen LogP contribution >= 0.6 is 0 Å². The first kappa shape index (κ1) is 12.5. The molecule has 0 saturated carbocycles. The van der Waals surface area contributed by atoms with Gasteiger partial charge in [-0.25, -0.2) is 9.40 Å². The van der Waals surface area contributed by atoms with E-state index in [1.54, 1.807) is 6.07 Å². The lowest BCUT2D eigenvalue weighted by Crippen LogP contribution is -2.49. The first-order valence-electron chi connectivity index (χ1n) is 6.08. The summed E-state index contributed by atoms with van der Waals surface area (Å²) in [5.41, 5.74) is 4.15. The van der Waals surface area contributed by atoms with Gasteiger partial charge in [0.05, 0.1) is 13.2 Å². The topological polar surface area (TPSA) is 24.5 Å². The minimum absolute atomic E-state index is 0.122. The molecule has 0 aliphatic carbocycles. The molecule has 0 aromatic heterocycles. The van der Waals surface area contributed by atoms with E-state index >= 15 is 0 Å². The van der Waals surface area contributed by atoms with Gasteiger partial charge >= 0.3 is 0 Å². The van der Waals surface area contributed by atoms with E-state index < -0.39 is 0 Å². The molecule has 1 saturated heterocycles. The lowest BCUT2D eigenvalue weighted by molar-refractivity contribution is 0.00505. The van der Waals surface area contributed by atoms with Crippen molar-refractivity contribution in [2.24, 2.45) is 0 Å². The minimum atomic E-state index is -0.122. The zero-order chi connectivity index (χ0) is 12.1. The van der Waals surface area contributed by atoms with E-state index in [-0.39, 0.29) is 11.9 Å². The first-order valence-corrected chi connectivity index (χ1v) is 6.08. The number of rotatable bonds is 4. The highest BCUT2D eigenvalue weighted by atomic mass is 19.1. The Balaban J connectivity index is 1.84. The monoisotopic (exact) mass is 238 g/mol. The molecular weight excluding hydrogens is 219 g/mol. The van der Waals surface area contributed by atoms with Gasteiger partial charge < -0.3 is 4.74 Å². The average Bonchev–Trinajstić information content (AvgIpc) is 2.33. The van der Waals surface area contributed by atoms with Crippen LogP contribution in [0.1, 0.15) is 12.5 Å². The van der Waals surface area contributed by atoms with Crippen LogP contribution in [0, 0.1) is 5.82 Å². The second-order valence-corrected chi connectivity index (χ2v) is 4.43. The van der Waals surface area contributed by atoms with E-state index in [9.17, 15) is 4.39 Å². The minimum Gasteiger partial charge on any atom is -0.379 e. The van der Waals surface area contributed by atoms with Crippen LogP contribution in [0.4, 0.5) is 4.39 Å². The molecule has 0 amide bonds. The Morgan fingerprint density at radius 1 is 1.35 bits per heavy atom. The number of ether oxygens (including phenoxy) is 1. The molecule has 0 bridgehead atoms. The van der Waals surface area contributed by atoms with Gasteiger partial charge in [0.1, 0.15) is 5.82 Å². The highest BCUT2D eigenvalue weighted by Crippen LogP contribution is 2.09. The summed E-state index contributed by atoms with van der Waals surface area (Å²) < 4.78 is 18.7. The van der Waals surface area contributed by atoms with Crippen LogP contribution in [0.25, 0.3) is 0 Å². The molecule has 1 aliphatic rings. The Bertz CT molecular complexity index is 353. The lowest BCUT2D eigenvalue weighted by Gasteiger charge is -2.30. The molecule has 3 nitrogen and oxygen atoms in total. The molecule has 1 aromatic carbocycles. The summed E-state index contributed by atoms with van der Waals surface area (Å²) in [6, 6.07) is 7.17. The second kappa shape index (κ2) is 6.10. The van der Waals surface area contributed by atoms with Gasteiger partial charge in [-0.3, -0.25) is 5.43 Å². The van der Waals surface area contributed by atoms with Crippen molar-refractivity contribution in [2.45, 2.75) is 19.4 Å². The third-order valence-electron chi connectivity index (χ3n) is 2.90. The van der Waals surface area contributed by atoms with Gasteiger partial charge in [-0.1, -0.05) is 18.2 Å². The van der Waals surface area contributed by atoms with E-state index in [0.29, 0.717) is 6.42 Å². The molecule has 4 heteroatoms. The Morgan fingerprint density at radius 2 is 2.06 bits per heavy atom. The molecule has 1 unspecified atom stereocenters. The number of nitrogens with zero attached hydrogens (tertiary/aromatic N) is 1. The lowest BCUT2D eigenvalue weighted by atomic mass is 10.1. The molecule has 1 aliphatic heterocycles. The number of halogens is 1. The Labute approximate surface area is 102 Å². The first-order chi connectivity index (χ1) is 8.25. The van der Waals surface area contributed by atoms with Crippen LogP contribution in [-0.2, 0) is 11.2 Å². The fourth-order valence-electron chi connectivity index (χ4n) is 2.04. The maximum Gasteiger partial charge on any atom is 0.126 e. The maximum absolute atomic E-state index is 13.5. The van der Waals surface area contributed by atoms with Crippen molar-refractivity contribution in [3.63, 3.8) is 0 Å². The van der Waals surface area contributed by atoms with Crippen LogP contribution in [0.2, 0.25) is 0 Å². The highest BCUT2D eigenvalue weighted by Gasteiger charge is 2.14. The van der Waals surface area contributed by atoms with E-state index in [1.165, 1.54) is 6.07 Å². The molecule has 1 heterocycles. The van der Waals surface area contributed by atoms with Crippen LogP contribution < -0.4 is 5.43 Å². The zero-order valence-electron chi connectivity index (χ0n) is 10.2. The van der Waals surface area contributed by atoms with Gasteiger partial charge in [0.25, 0.3) is 0 Å². The molecule has 0 radical (unpaired) electrons. The molecular formula is C13H19FN2O. The molecule has 1 aromatic rings. The van der Waals surface area contributed by atoms with Crippen molar-refractivity contribution >= 4 is 0 Å². The van der Waals surface area contributed by atoms with Crippen molar-refractivity contribution in [1.82, 2.24) is 10.4 Å². The molecule has 1 fully saturated rings. The number of hydrazine groups is 1. The molecule has 94 valence electrons. The van der Waals surface area contributed by atoms with Crippen molar-refractivity contribution < 1.29 is 9.13 Å². The Morgan fingerprint density at radius 3 is 2.76 bits per heavy atom. The summed E-state index contributed by atoms with van der Waals surface area (Å²) in [6.45, 7) is 5.38. The van der Waals surface area contributed by atoms with Crippen molar-refractivity contribution in [1.29, 1.82) is 0 Å². The van der Waals surface area contributed by atoms with Gasteiger partial charge in [0, 0.05) is 19.1 Å². The van der Waals surface area contributed by atoms with Gasteiger partial charge in [-0.2, -0.15) is 0 Å². The molecule has 0 spiro atoms. The van der Waals surface area contributed by atoms with Gasteiger partial charge in [0.2, 0.25) is 0 Å². The molecule has 1 atom stereocenters. The van der Waals surface area contributed by atoms with Gasteiger partial charge in [-0.15, -0.1) is 0 Å². The van der Waals surface area contributed by atoms with E-state index in [2.05, 4.69) is 17.4 Å². The molecule has 17 heavy (non-hydrogen) atoms. The molecule has 2 rings (SSSR count). The number of benzene rings is 1. The smallest absolute Gasteiger partial charge is 0.126 e. The number of morpholine rings is 1. The highest BCUT2D eigenvalue weighted by molar-refractivity contribution is 5.18. The Kier molecular flexibility index (Phi) is 4.48. The largest absolute Gasteiger partial charge is 0.379 e. The van der Waals surface area contributed by atoms with Crippen LogP contribution in [0.3, 0.4) is 0 Å². The number of nitrogens with one attached hydrogen (secondary N) is 1.